The van der Waals surface area contributed by atoms with Crippen molar-refractivity contribution in [3.05, 3.63) is 29.8 Å². The van der Waals surface area contributed by atoms with E-state index in [1.165, 1.54) is 0 Å². The molecule has 1 aliphatic heterocycles. The second kappa shape index (κ2) is 13.2. The van der Waals surface area contributed by atoms with Gasteiger partial charge in [0.25, 0.3) is 5.91 Å². The lowest BCUT2D eigenvalue weighted by molar-refractivity contribution is 0.0922. The molecular weight excluding hydrogens is 385 g/mol. The largest absolute Gasteiger partial charge is 0.492 e. The Balaban J connectivity index is 0.00000338. The SMILES string of the molecule is CCN(CC)CCOc1ccc(C(=O)NCC2(C)CCNCC2)cc1.Cl.Cl. The first kappa shape index (κ1) is 26.0. The molecule has 0 spiro atoms. The van der Waals surface area contributed by atoms with Gasteiger partial charge in [-0.25, -0.2) is 0 Å². The highest BCUT2D eigenvalue weighted by molar-refractivity contribution is 5.94. The van der Waals surface area contributed by atoms with Crippen LogP contribution >= 0.6 is 24.8 Å². The number of halogens is 2. The van der Waals surface area contributed by atoms with E-state index in [0.717, 1.165) is 57.9 Å². The molecule has 0 unspecified atom stereocenters. The molecule has 7 heteroatoms. The summed E-state index contributed by atoms with van der Waals surface area (Å²) in [5.74, 6) is 0.809. The second-order valence-corrected chi connectivity index (χ2v) is 7.14. The summed E-state index contributed by atoms with van der Waals surface area (Å²) in [5.41, 5.74) is 0.891. The summed E-state index contributed by atoms with van der Waals surface area (Å²) >= 11 is 0. The van der Waals surface area contributed by atoms with Crippen LogP contribution in [0.2, 0.25) is 0 Å². The van der Waals surface area contributed by atoms with Gasteiger partial charge in [-0.1, -0.05) is 20.8 Å². The normalized spacial score (nSPS) is 15.4. The lowest BCUT2D eigenvalue weighted by atomic mass is 9.81. The standard InChI is InChI=1S/C20H33N3O2.2ClH/c1-4-23(5-2)14-15-25-18-8-6-17(7-9-18)19(24)22-16-20(3)10-12-21-13-11-20;;/h6-9,21H,4-5,10-16H2,1-3H3,(H,22,24);2*1H. The Bertz CT molecular complexity index is 531. The Kier molecular flexibility index (Phi) is 12.7. The van der Waals surface area contributed by atoms with Crippen LogP contribution in [-0.4, -0.2) is 56.7 Å². The number of hydrogen-bond acceptors (Lipinski definition) is 4. The van der Waals surface area contributed by atoms with Crippen molar-refractivity contribution in [2.75, 3.05) is 45.9 Å². The summed E-state index contributed by atoms with van der Waals surface area (Å²) in [5, 5.41) is 6.45. The number of ether oxygens (including phenoxy) is 1. The molecule has 1 aromatic carbocycles. The molecule has 0 aliphatic carbocycles. The van der Waals surface area contributed by atoms with E-state index in [1.54, 1.807) is 0 Å². The van der Waals surface area contributed by atoms with E-state index in [0.29, 0.717) is 12.2 Å². The molecule has 0 atom stereocenters. The van der Waals surface area contributed by atoms with Crippen LogP contribution in [0, 0.1) is 5.41 Å². The zero-order valence-electron chi connectivity index (χ0n) is 16.8. The molecule has 27 heavy (non-hydrogen) atoms. The van der Waals surface area contributed by atoms with Crippen molar-refractivity contribution < 1.29 is 9.53 Å². The number of carbonyl (C=O) groups is 1. The molecule has 1 amide bonds. The van der Waals surface area contributed by atoms with Gasteiger partial charge in [0.2, 0.25) is 0 Å². The summed E-state index contributed by atoms with van der Waals surface area (Å²) in [6, 6.07) is 7.44. The molecule has 0 bridgehead atoms. The second-order valence-electron chi connectivity index (χ2n) is 7.14. The minimum Gasteiger partial charge on any atom is -0.492 e. The average Bonchev–Trinajstić information content (AvgIpc) is 2.64. The van der Waals surface area contributed by atoms with E-state index < -0.39 is 0 Å². The predicted octanol–water partition coefficient (Wildman–Crippen LogP) is 3.37. The average molecular weight is 420 g/mol. The van der Waals surface area contributed by atoms with Crippen LogP contribution in [0.5, 0.6) is 5.75 Å². The first-order chi connectivity index (χ1) is 12.1. The zero-order chi connectivity index (χ0) is 18.1. The Morgan fingerprint density at radius 2 is 1.74 bits per heavy atom. The lowest BCUT2D eigenvalue weighted by Gasteiger charge is -2.34. The summed E-state index contributed by atoms with van der Waals surface area (Å²) in [4.78, 5) is 14.7. The number of amides is 1. The minimum absolute atomic E-state index is 0. The molecule has 2 rings (SSSR count). The Morgan fingerprint density at radius 3 is 2.30 bits per heavy atom. The van der Waals surface area contributed by atoms with E-state index in [4.69, 9.17) is 4.74 Å². The topological polar surface area (TPSA) is 53.6 Å². The van der Waals surface area contributed by atoms with E-state index in [9.17, 15) is 4.79 Å². The van der Waals surface area contributed by atoms with E-state index in [1.807, 2.05) is 24.3 Å². The lowest BCUT2D eigenvalue weighted by Crippen LogP contribution is -2.42. The monoisotopic (exact) mass is 419 g/mol. The molecule has 0 radical (unpaired) electrons. The van der Waals surface area contributed by atoms with Gasteiger partial charge in [-0.05, 0) is 68.7 Å². The first-order valence-electron chi connectivity index (χ1n) is 9.50. The quantitative estimate of drug-likeness (QED) is 0.643. The van der Waals surface area contributed by atoms with Gasteiger partial charge in [-0.2, -0.15) is 0 Å². The van der Waals surface area contributed by atoms with Crippen LogP contribution in [0.4, 0.5) is 0 Å². The number of piperidine rings is 1. The molecular formula is C20H35Cl2N3O2. The van der Waals surface area contributed by atoms with Crippen LogP contribution in [0.15, 0.2) is 24.3 Å². The van der Waals surface area contributed by atoms with Gasteiger partial charge in [-0.15, -0.1) is 24.8 Å². The first-order valence-corrected chi connectivity index (χ1v) is 9.50. The van der Waals surface area contributed by atoms with E-state index >= 15 is 0 Å². The van der Waals surface area contributed by atoms with Gasteiger partial charge in [0, 0.05) is 18.7 Å². The molecule has 0 saturated carbocycles. The Morgan fingerprint density at radius 1 is 1.15 bits per heavy atom. The predicted molar refractivity (Wildman–Crippen MR) is 117 cm³/mol. The number of likely N-dealkylation sites (N-methyl/N-ethyl adjacent to an activating group) is 1. The fraction of sp³-hybridized carbons (Fsp3) is 0.650. The molecule has 1 heterocycles. The highest BCUT2D eigenvalue weighted by atomic mass is 35.5. The maximum Gasteiger partial charge on any atom is 0.251 e. The number of nitrogens with zero attached hydrogens (tertiary/aromatic N) is 1. The number of benzene rings is 1. The Hall–Kier alpha value is -1.01. The highest BCUT2D eigenvalue weighted by Crippen LogP contribution is 2.26. The maximum absolute atomic E-state index is 12.3. The molecule has 2 N–H and O–H groups in total. The zero-order valence-corrected chi connectivity index (χ0v) is 18.4. The van der Waals surface area contributed by atoms with E-state index in [2.05, 4.69) is 36.3 Å². The van der Waals surface area contributed by atoms with Crippen molar-refractivity contribution in [1.29, 1.82) is 0 Å². The van der Waals surface area contributed by atoms with Crippen LogP contribution in [-0.2, 0) is 0 Å². The maximum atomic E-state index is 12.3. The molecule has 156 valence electrons. The van der Waals surface area contributed by atoms with Crippen molar-refractivity contribution in [2.24, 2.45) is 5.41 Å². The van der Waals surface area contributed by atoms with Crippen molar-refractivity contribution in [3.8, 4) is 5.75 Å². The van der Waals surface area contributed by atoms with Crippen LogP contribution in [0.1, 0.15) is 44.0 Å². The summed E-state index contributed by atoms with van der Waals surface area (Å²) in [7, 11) is 0. The summed E-state index contributed by atoms with van der Waals surface area (Å²) < 4.78 is 5.77. The summed E-state index contributed by atoms with van der Waals surface area (Å²) in [6.45, 7) is 13.0. The van der Waals surface area contributed by atoms with Crippen LogP contribution in [0.3, 0.4) is 0 Å². The fourth-order valence-corrected chi connectivity index (χ4v) is 3.14. The van der Waals surface area contributed by atoms with Crippen LogP contribution in [0.25, 0.3) is 0 Å². The molecule has 1 aliphatic rings. The van der Waals surface area contributed by atoms with Gasteiger partial charge in [0.15, 0.2) is 0 Å². The van der Waals surface area contributed by atoms with Gasteiger partial charge in [0.05, 0.1) is 0 Å². The molecule has 0 aromatic heterocycles. The van der Waals surface area contributed by atoms with Crippen molar-refractivity contribution in [3.63, 3.8) is 0 Å². The third-order valence-electron chi connectivity index (χ3n) is 5.17. The van der Waals surface area contributed by atoms with E-state index in [-0.39, 0.29) is 36.1 Å². The summed E-state index contributed by atoms with van der Waals surface area (Å²) in [6.07, 6.45) is 2.21. The van der Waals surface area contributed by atoms with Gasteiger partial charge in [-0.3, -0.25) is 4.79 Å². The van der Waals surface area contributed by atoms with Crippen molar-refractivity contribution in [2.45, 2.75) is 33.6 Å². The van der Waals surface area contributed by atoms with Crippen molar-refractivity contribution >= 4 is 30.7 Å². The number of hydrogen-bond donors (Lipinski definition) is 2. The number of carbonyl (C=O) groups excluding carboxylic acids is 1. The molecule has 1 saturated heterocycles. The third-order valence-corrected chi connectivity index (χ3v) is 5.17. The molecule has 1 fully saturated rings. The number of nitrogens with one attached hydrogen (secondary N) is 2. The highest BCUT2D eigenvalue weighted by Gasteiger charge is 2.27. The van der Waals surface area contributed by atoms with Crippen molar-refractivity contribution in [1.82, 2.24) is 15.5 Å². The van der Waals surface area contributed by atoms with Gasteiger partial charge >= 0.3 is 0 Å². The smallest absolute Gasteiger partial charge is 0.251 e. The molecule has 1 aromatic rings. The van der Waals surface area contributed by atoms with Gasteiger partial charge in [0.1, 0.15) is 12.4 Å². The van der Waals surface area contributed by atoms with Gasteiger partial charge < -0.3 is 20.3 Å². The fourth-order valence-electron chi connectivity index (χ4n) is 3.14. The molecule has 5 nitrogen and oxygen atoms in total. The third kappa shape index (κ3) is 8.69. The van der Waals surface area contributed by atoms with Crippen LogP contribution < -0.4 is 15.4 Å². The minimum atomic E-state index is -0.00514. The number of rotatable bonds is 9. The Labute approximate surface area is 176 Å².